The summed E-state index contributed by atoms with van der Waals surface area (Å²) >= 11 is 13.8. The Morgan fingerprint density at radius 1 is 1.19 bits per heavy atom. The van der Waals surface area contributed by atoms with Crippen molar-refractivity contribution >= 4 is 51.4 Å². The van der Waals surface area contributed by atoms with Crippen LogP contribution in [0.25, 0.3) is 21.5 Å². The molecule has 0 radical (unpaired) electrons. The number of aromatic nitrogens is 1. The maximum absolute atomic E-state index is 11.5. The van der Waals surface area contributed by atoms with Crippen LogP contribution in [0.3, 0.4) is 0 Å². The van der Waals surface area contributed by atoms with Crippen LogP contribution in [-0.2, 0) is 0 Å². The molecule has 0 aliphatic rings. The normalized spacial score (nSPS) is 11.0. The molecule has 0 aliphatic carbocycles. The molecule has 1 N–H and O–H groups in total. The zero-order chi connectivity index (χ0) is 15.1. The molecular formula is C15H9Cl2NO2S. The summed E-state index contributed by atoms with van der Waals surface area (Å²) in [5.41, 5.74) is 1.10. The SMILES string of the molecule is Cc1ccc(-c2cc(C(=O)O)c3c(Cl)ccc(Cl)c3n2)s1. The van der Waals surface area contributed by atoms with Crippen LogP contribution >= 0.6 is 34.5 Å². The molecule has 0 bridgehead atoms. The Labute approximate surface area is 134 Å². The van der Waals surface area contributed by atoms with Gasteiger partial charge in [0, 0.05) is 10.3 Å². The van der Waals surface area contributed by atoms with E-state index in [0.29, 0.717) is 26.6 Å². The summed E-state index contributed by atoms with van der Waals surface area (Å²) < 4.78 is 0. The summed E-state index contributed by atoms with van der Waals surface area (Å²) in [6.07, 6.45) is 0. The number of thiophene rings is 1. The van der Waals surface area contributed by atoms with Gasteiger partial charge in [0.15, 0.2) is 0 Å². The highest BCUT2D eigenvalue weighted by Gasteiger charge is 2.17. The van der Waals surface area contributed by atoms with Crippen LogP contribution in [-0.4, -0.2) is 16.1 Å². The number of carboxylic acid groups (broad SMARTS) is 1. The van der Waals surface area contributed by atoms with E-state index < -0.39 is 5.97 Å². The van der Waals surface area contributed by atoms with Crippen molar-refractivity contribution in [2.24, 2.45) is 0 Å². The maximum Gasteiger partial charge on any atom is 0.336 e. The van der Waals surface area contributed by atoms with E-state index in [0.717, 1.165) is 9.75 Å². The van der Waals surface area contributed by atoms with Gasteiger partial charge in [0.05, 0.1) is 31.7 Å². The number of carbonyl (C=O) groups is 1. The monoisotopic (exact) mass is 337 g/mol. The quantitative estimate of drug-likeness (QED) is 0.692. The standard InChI is InChI=1S/C15H9Cl2NO2S/c1-7-2-5-12(21-7)11-6-8(15(19)20)13-9(16)3-4-10(17)14(13)18-11/h2-6H,1H3,(H,19,20). The third-order valence-electron chi connectivity index (χ3n) is 3.08. The van der Waals surface area contributed by atoms with Crippen molar-refractivity contribution in [1.82, 2.24) is 4.98 Å². The minimum absolute atomic E-state index is 0.105. The van der Waals surface area contributed by atoms with Crippen LogP contribution in [0.1, 0.15) is 15.2 Å². The fourth-order valence-corrected chi connectivity index (χ4v) is 3.42. The van der Waals surface area contributed by atoms with Crippen LogP contribution in [0.2, 0.25) is 10.0 Å². The number of pyridine rings is 1. The fraction of sp³-hybridized carbons (Fsp3) is 0.0667. The zero-order valence-corrected chi connectivity index (χ0v) is 13.2. The molecule has 3 nitrogen and oxygen atoms in total. The molecule has 2 aromatic heterocycles. The Bertz CT molecular complexity index is 873. The van der Waals surface area contributed by atoms with Crippen LogP contribution < -0.4 is 0 Å². The number of hydrogen-bond donors (Lipinski definition) is 1. The lowest BCUT2D eigenvalue weighted by atomic mass is 10.1. The molecule has 0 unspecified atom stereocenters. The molecule has 0 saturated heterocycles. The van der Waals surface area contributed by atoms with Crippen molar-refractivity contribution in [3.63, 3.8) is 0 Å². The van der Waals surface area contributed by atoms with Crippen LogP contribution in [0.5, 0.6) is 0 Å². The van der Waals surface area contributed by atoms with Gasteiger partial charge >= 0.3 is 5.97 Å². The molecule has 1 aromatic carbocycles. The van der Waals surface area contributed by atoms with Gasteiger partial charge in [-0.25, -0.2) is 9.78 Å². The summed E-state index contributed by atoms with van der Waals surface area (Å²) in [4.78, 5) is 18.1. The molecular weight excluding hydrogens is 329 g/mol. The Hall–Kier alpha value is -1.62. The van der Waals surface area contributed by atoms with Gasteiger partial charge in [-0.1, -0.05) is 23.2 Å². The molecule has 0 amide bonds. The van der Waals surface area contributed by atoms with Gasteiger partial charge in [0.25, 0.3) is 0 Å². The van der Waals surface area contributed by atoms with Crippen LogP contribution in [0.15, 0.2) is 30.3 Å². The van der Waals surface area contributed by atoms with E-state index in [1.54, 1.807) is 23.5 Å². The third kappa shape index (κ3) is 2.50. The van der Waals surface area contributed by atoms with E-state index in [-0.39, 0.29) is 5.56 Å². The number of hydrogen-bond acceptors (Lipinski definition) is 3. The molecule has 21 heavy (non-hydrogen) atoms. The average molecular weight is 338 g/mol. The van der Waals surface area contributed by atoms with E-state index in [1.165, 1.54) is 6.07 Å². The number of halogens is 2. The summed E-state index contributed by atoms with van der Waals surface area (Å²) in [5.74, 6) is -1.05. The highest BCUT2D eigenvalue weighted by molar-refractivity contribution is 7.15. The number of benzene rings is 1. The largest absolute Gasteiger partial charge is 0.478 e. The molecule has 0 saturated carbocycles. The molecule has 0 aliphatic heterocycles. The van der Waals surface area contributed by atoms with Crippen molar-refractivity contribution < 1.29 is 9.90 Å². The van der Waals surface area contributed by atoms with E-state index in [1.807, 2.05) is 19.1 Å². The number of aromatic carboxylic acids is 1. The van der Waals surface area contributed by atoms with E-state index >= 15 is 0 Å². The fourth-order valence-electron chi connectivity index (χ4n) is 2.14. The second-order valence-electron chi connectivity index (χ2n) is 4.52. The van der Waals surface area contributed by atoms with Gasteiger partial charge < -0.3 is 5.11 Å². The molecule has 0 spiro atoms. The van der Waals surface area contributed by atoms with Crippen LogP contribution in [0.4, 0.5) is 0 Å². The van der Waals surface area contributed by atoms with Gasteiger partial charge in [-0.15, -0.1) is 11.3 Å². The lowest BCUT2D eigenvalue weighted by Crippen LogP contribution is -2.00. The minimum atomic E-state index is -1.05. The molecule has 0 fully saturated rings. The summed E-state index contributed by atoms with van der Waals surface area (Å²) in [6, 6.07) is 8.62. The Morgan fingerprint density at radius 3 is 2.52 bits per heavy atom. The highest BCUT2D eigenvalue weighted by atomic mass is 35.5. The Morgan fingerprint density at radius 2 is 1.90 bits per heavy atom. The van der Waals surface area contributed by atoms with Crippen LogP contribution in [0, 0.1) is 6.92 Å². The number of fused-ring (bicyclic) bond motifs is 1. The van der Waals surface area contributed by atoms with Crippen molar-refractivity contribution in [2.75, 3.05) is 0 Å². The molecule has 106 valence electrons. The second-order valence-corrected chi connectivity index (χ2v) is 6.63. The number of carboxylic acids is 1. The molecule has 6 heteroatoms. The topological polar surface area (TPSA) is 50.2 Å². The van der Waals surface area contributed by atoms with Crippen molar-refractivity contribution in [2.45, 2.75) is 6.92 Å². The number of aryl methyl sites for hydroxylation is 1. The lowest BCUT2D eigenvalue weighted by Gasteiger charge is -2.08. The summed E-state index contributed by atoms with van der Waals surface area (Å²) in [7, 11) is 0. The van der Waals surface area contributed by atoms with Gasteiger partial charge in [-0.2, -0.15) is 0 Å². The predicted molar refractivity (Wildman–Crippen MR) is 86.8 cm³/mol. The molecule has 0 atom stereocenters. The van der Waals surface area contributed by atoms with Gasteiger partial charge in [-0.05, 0) is 37.3 Å². The van der Waals surface area contributed by atoms with Crippen molar-refractivity contribution in [3.05, 3.63) is 50.8 Å². The van der Waals surface area contributed by atoms with Crippen molar-refractivity contribution in [1.29, 1.82) is 0 Å². The first-order chi connectivity index (χ1) is 9.97. The molecule has 3 aromatic rings. The third-order valence-corrected chi connectivity index (χ3v) is 4.73. The van der Waals surface area contributed by atoms with Gasteiger partial charge in [0.2, 0.25) is 0 Å². The molecule has 3 rings (SSSR count). The van der Waals surface area contributed by atoms with E-state index in [2.05, 4.69) is 4.98 Å². The Kier molecular flexibility index (Phi) is 3.61. The lowest BCUT2D eigenvalue weighted by molar-refractivity contribution is 0.0699. The molecule has 2 heterocycles. The first kappa shape index (κ1) is 14.3. The summed E-state index contributed by atoms with van der Waals surface area (Å²) in [6.45, 7) is 1.98. The van der Waals surface area contributed by atoms with Gasteiger partial charge in [-0.3, -0.25) is 0 Å². The number of nitrogens with zero attached hydrogens (tertiary/aromatic N) is 1. The minimum Gasteiger partial charge on any atom is -0.478 e. The van der Waals surface area contributed by atoms with E-state index in [9.17, 15) is 9.90 Å². The summed E-state index contributed by atoms with van der Waals surface area (Å²) in [5, 5.41) is 10.5. The smallest absolute Gasteiger partial charge is 0.336 e. The highest BCUT2D eigenvalue weighted by Crippen LogP contribution is 2.35. The van der Waals surface area contributed by atoms with Crippen molar-refractivity contribution in [3.8, 4) is 10.6 Å². The van der Waals surface area contributed by atoms with Gasteiger partial charge in [0.1, 0.15) is 0 Å². The average Bonchev–Trinajstić information content (AvgIpc) is 2.88. The first-order valence-electron chi connectivity index (χ1n) is 6.06. The zero-order valence-electron chi connectivity index (χ0n) is 10.9. The predicted octanol–water partition coefficient (Wildman–Crippen LogP) is 5.28. The number of rotatable bonds is 2. The Balaban J connectivity index is 2.40. The first-order valence-corrected chi connectivity index (χ1v) is 7.63. The second kappa shape index (κ2) is 5.30. The maximum atomic E-state index is 11.5. The van der Waals surface area contributed by atoms with E-state index in [4.69, 9.17) is 23.2 Å².